The minimum absolute atomic E-state index is 0.0382. The lowest BCUT2D eigenvalue weighted by Gasteiger charge is -2.58. The van der Waals surface area contributed by atoms with E-state index < -0.39 is 12.0 Å². The van der Waals surface area contributed by atoms with Crippen molar-refractivity contribution in [3.05, 3.63) is 11.6 Å². The average Bonchev–Trinajstić information content (AvgIpc) is 3.25. The summed E-state index contributed by atoms with van der Waals surface area (Å²) in [5.41, 5.74) is 2.35. The Kier molecular flexibility index (Phi) is 8.45. The first kappa shape index (κ1) is 30.2. The van der Waals surface area contributed by atoms with Crippen LogP contribution in [-0.2, 0) is 24.0 Å². The van der Waals surface area contributed by atoms with Gasteiger partial charge < -0.3 is 20.0 Å². The third-order valence-corrected chi connectivity index (χ3v) is 11.9. The van der Waals surface area contributed by atoms with E-state index in [1.807, 2.05) is 13.8 Å². The van der Waals surface area contributed by atoms with Gasteiger partial charge >= 0.3 is 5.97 Å². The first-order chi connectivity index (χ1) is 19.3. The number of allylic oxidation sites excluding steroid dienone is 2. The molecule has 0 radical (unpaired) electrons. The van der Waals surface area contributed by atoms with Gasteiger partial charge in [-0.1, -0.05) is 24.6 Å². The Morgan fingerprint density at radius 3 is 2.56 bits per heavy atom. The molecule has 5 rings (SSSR count). The van der Waals surface area contributed by atoms with Crippen LogP contribution < -0.4 is 5.32 Å². The molecule has 1 heterocycles. The first-order valence-corrected chi connectivity index (χ1v) is 15.9. The largest absolute Gasteiger partial charge is 0.481 e. The molecule has 0 unspecified atom stereocenters. The molecule has 2 N–H and O–H groups in total. The molecule has 0 aromatic carbocycles. The number of ketones is 1. The average molecular weight is 571 g/mol. The van der Waals surface area contributed by atoms with Gasteiger partial charge in [-0.15, -0.1) is 0 Å². The van der Waals surface area contributed by atoms with Gasteiger partial charge in [0.25, 0.3) is 5.91 Å². The lowest BCUT2D eigenvalue weighted by Crippen LogP contribution is -2.51. The number of carboxylic acid groups (broad SMARTS) is 1. The fourth-order valence-electron chi connectivity index (χ4n) is 9.88. The molecule has 41 heavy (non-hydrogen) atoms. The summed E-state index contributed by atoms with van der Waals surface area (Å²) in [6.07, 6.45) is 12.2. The molecule has 3 saturated carbocycles. The highest BCUT2D eigenvalue weighted by atomic mass is 16.6. The minimum atomic E-state index is -0.929. The van der Waals surface area contributed by atoms with Gasteiger partial charge in [0.05, 0.1) is 17.7 Å². The second kappa shape index (κ2) is 11.5. The highest BCUT2D eigenvalue weighted by molar-refractivity contribution is 5.96. The topological polar surface area (TPSA) is 114 Å². The number of nitrogens with one attached hydrogen (secondary N) is 1. The third kappa shape index (κ3) is 6.00. The van der Waals surface area contributed by atoms with Gasteiger partial charge in [0.1, 0.15) is 5.78 Å². The highest BCUT2D eigenvalue weighted by Crippen LogP contribution is 2.66. The number of fused-ring (bicyclic) bond motifs is 5. The zero-order valence-electron chi connectivity index (χ0n) is 25.7. The maximum absolute atomic E-state index is 12.7. The fraction of sp³-hybridized carbons (Fsp3) is 0.818. The molecule has 1 aliphatic heterocycles. The molecule has 1 amide bonds. The van der Waals surface area contributed by atoms with E-state index in [2.05, 4.69) is 30.4 Å². The van der Waals surface area contributed by atoms with Crippen LogP contribution in [0.4, 0.5) is 0 Å². The van der Waals surface area contributed by atoms with Crippen LogP contribution >= 0.6 is 0 Å². The zero-order valence-corrected chi connectivity index (χ0v) is 25.7. The number of oxime groups is 1. The van der Waals surface area contributed by atoms with Crippen molar-refractivity contribution in [3.8, 4) is 0 Å². The monoisotopic (exact) mass is 570 g/mol. The zero-order chi connectivity index (χ0) is 29.6. The molecule has 5 aliphatic rings. The molecule has 4 fully saturated rings. The van der Waals surface area contributed by atoms with Crippen molar-refractivity contribution in [1.82, 2.24) is 5.32 Å². The number of carbonyl (C=O) groups is 3. The molecule has 1 saturated heterocycles. The maximum Gasteiger partial charge on any atom is 0.305 e. The summed E-state index contributed by atoms with van der Waals surface area (Å²) in [6.45, 7) is 11.0. The number of carboxylic acids is 1. The molecule has 4 aliphatic carbocycles. The molecule has 8 heteroatoms. The van der Waals surface area contributed by atoms with Crippen molar-refractivity contribution in [1.29, 1.82) is 0 Å². The quantitative estimate of drug-likeness (QED) is 0.362. The number of hydrogen-bond acceptors (Lipinski definition) is 6. The number of hydrogen-bond donors (Lipinski definition) is 2. The van der Waals surface area contributed by atoms with Gasteiger partial charge in [-0.3, -0.25) is 14.4 Å². The summed E-state index contributed by atoms with van der Waals surface area (Å²) < 4.78 is 5.78. The minimum Gasteiger partial charge on any atom is -0.481 e. The summed E-state index contributed by atoms with van der Waals surface area (Å²) in [5.74, 6) is 1.39. The lowest BCUT2D eigenvalue weighted by molar-refractivity contribution is -0.140. The van der Waals surface area contributed by atoms with Gasteiger partial charge in [0.15, 0.2) is 6.61 Å². The van der Waals surface area contributed by atoms with Crippen molar-refractivity contribution >= 4 is 23.4 Å². The Morgan fingerprint density at radius 2 is 1.85 bits per heavy atom. The SMILES string of the molecule is CC(=O)[C@@H]1CC[C@@H]2[C@@H]3CCC4=CC(=NOCC(=O)N[C@H](CC(=O)O)[C@H]5CCOC(C)(C)C5)CC[C@]4(C)[C@H]3CC[C@@]21C. The molecule has 228 valence electrons. The van der Waals surface area contributed by atoms with Crippen molar-refractivity contribution in [2.45, 2.75) is 117 Å². The van der Waals surface area contributed by atoms with Crippen molar-refractivity contribution in [2.24, 2.45) is 45.6 Å². The van der Waals surface area contributed by atoms with Crippen molar-refractivity contribution in [3.63, 3.8) is 0 Å². The Bertz CT molecular complexity index is 1110. The van der Waals surface area contributed by atoms with Crippen LogP contribution in [0.25, 0.3) is 0 Å². The van der Waals surface area contributed by atoms with Gasteiger partial charge in [-0.25, -0.2) is 0 Å². The van der Waals surface area contributed by atoms with Crippen LogP contribution in [0.15, 0.2) is 16.8 Å². The van der Waals surface area contributed by atoms with Crippen molar-refractivity contribution in [2.75, 3.05) is 13.2 Å². The van der Waals surface area contributed by atoms with E-state index >= 15 is 0 Å². The lowest BCUT2D eigenvalue weighted by atomic mass is 9.46. The normalized spacial score (nSPS) is 39.5. The van der Waals surface area contributed by atoms with Crippen LogP contribution in [0.2, 0.25) is 0 Å². The number of amides is 1. The van der Waals surface area contributed by atoms with Gasteiger partial charge in [-0.2, -0.15) is 0 Å². The van der Waals surface area contributed by atoms with Gasteiger partial charge in [-0.05, 0) is 126 Å². The van der Waals surface area contributed by atoms with E-state index in [0.717, 1.165) is 44.2 Å². The van der Waals surface area contributed by atoms with E-state index in [0.29, 0.717) is 36.6 Å². The maximum atomic E-state index is 12.7. The predicted octanol–water partition coefficient (Wildman–Crippen LogP) is 5.69. The van der Waals surface area contributed by atoms with Crippen LogP contribution in [-0.4, -0.2) is 53.3 Å². The van der Waals surface area contributed by atoms with E-state index in [4.69, 9.17) is 9.57 Å². The Morgan fingerprint density at radius 1 is 1.07 bits per heavy atom. The summed E-state index contributed by atoms with van der Waals surface area (Å²) in [6, 6.07) is -0.463. The predicted molar refractivity (Wildman–Crippen MR) is 156 cm³/mol. The van der Waals surface area contributed by atoms with Gasteiger partial charge in [0.2, 0.25) is 0 Å². The summed E-state index contributed by atoms with van der Waals surface area (Å²) in [7, 11) is 0. The number of aliphatic carboxylic acids is 1. The molecular formula is C33H50N2O6. The Balaban J connectivity index is 1.19. The van der Waals surface area contributed by atoms with Crippen LogP contribution in [0.3, 0.4) is 0 Å². The molecule has 8 nitrogen and oxygen atoms in total. The fourth-order valence-corrected chi connectivity index (χ4v) is 9.88. The molecule has 0 spiro atoms. The van der Waals surface area contributed by atoms with E-state index in [-0.39, 0.29) is 47.2 Å². The molecule has 0 aromatic heterocycles. The number of nitrogens with zero attached hydrogens (tertiary/aromatic N) is 1. The van der Waals surface area contributed by atoms with Crippen LogP contribution in [0.1, 0.15) is 105 Å². The van der Waals surface area contributed by atoms with E-state index in [1.54, 1.807) is 6.92 Å². The second-order valence-corrected chi connectivity index (χ2v) is 14.8. The smallest absolute Gasteiger partial charge is 0.305 e. The van der Waals surface area contributed by atoms with E-state index in [1.165, 1.54) is 24.8 Å². The van der Waals surface area contributed by atoms with Gasteiger partial charge in [0, 0.05) is 18.6 Å². The highest BCUT2D eigenvalue weighted by Gasteiger charge is 2.59. The second-order valence-electron chi connectivity index (χ2n) is 14.8. The number of ether oxygens (including phenoxy) is 1. The standard InChI is InChI=1S/C33H50N2O6/c1-20(36)25-8-9-26-24-7-6-22-16-23(10-13-32(22,4)27(24)11-14-33(25,26)5)35-41-19-29(37)34-28(17-30(38)39)21-12-15-40-31(2,3)18-21/h16,21,24-28H,6-15,17-19H2,1-5H3,(H,34,37)(H,38,39)/t21-,24-,25-,26+,27-,28+,32-,33+/m0/s1. The first-order valence-electron chi connectivity index (χ1n) is 15.9. The summed E-state index contributed by atoms with van der Waals surface area (Å²) >= 11 is 0. The van der Waals surface area contributed by atoms with E-state index in [9.17, 15) is 19.5 Å². The van der Waals surface area contributed by atoms with Crippen LogP contribution in [0, 0.1) is 40.4 Å². The van der Waals surface area contributed by atoms with Crippen LogP contribution in [0.5, 0.6) is 0 Å². The summed E-state index contributed by atoms with van der Waals surface area (Å²) in [5, 5.41) is 16.7. The molecule has 0 aromatic rings. The third-order valence-electron chi connectivity index (χ3n) is 11.9. The molecule has 0 bridgehead atoms. The Labute approximate surface area is 245 Å². The van der Waals surface area contributed by atoms with Crippen molar-refractivity contribution < 1.29 is 29.1 Å². The number of Topliss-reactive ketones (excluding diaryl/α,β-unsaturated/α-hetero) is 1. The molecule has 8 atom stereocenters. The number of rotatable bonds is 8. The molecular weight excluding hydrogens is 520 g/mol. The summed E-state index contributed by atoms with van der Waals surface area (Å²) in [4.78, 5) is 42.2. The Hall–Kier alpha value is -2.22. The number of carbonyl (C=O) groups excluding carboxylic acids is 2.